The third-order valence-corrected chi connectivity index (χ3v) is 5.67. The van der Waals surface area contributed by atoms with Crippen LogP contribution in [-0.4, -0.2) is 29.1 Å². The van der Waals surface area contributed by atoms with Crippen LogP contribution in [0.4, 0.5) is 5.82 Å². The van der Waals surface area contributed by atoms with Crippen molar-refractivity contribution >= 4 is 46.5 Å². The molecule has 1 aliphatic heterocycles. The van der Waals surface area contributed by atoms with Gasteiger partial charge in [0, 0.05) is 11.6 Å². The monoisotopic (exact) mass is 458 g/mol. The highest BCUT2D eigenvalue weighted by molar-refractivity contribution is 6.51. The number of halogens is 2. The summed E-state index contributed by atoms with van der Waals surface area (Å²) in [5.74, 6) is -0.857. The summed E-state index contributed by atoms with van der Waals surface area (Å²) in [7, 11) is 1.52. The van der Waals surface area contributed by atoms with E-state index in [1.807, 2.05) is 0 Å². The van der Waals surface area contributed by atoms with Gasteiger partial charge in [-0.1, -0.05) is 34.4 Å². The predicted molar refractivity (Wildman–Crippen MR) is 115 cm³/mol. The molecule has 1 aliphatic rings. The van der Waals surface area contributed by atoms with Crippen LogP contribution >= 0.6 is 23.2 Å². The molecule has 158 valence electrons. The highest BCUT2D eigenvalue weighted by Gasteiger charge is 2.48. The normalized spacial score (nSPS) is 17.9. The number of carbonyl (C=O) groups is 2. The van der Waals surface area contributed by atoms with E-state index in [1.54, 1.807) is 49.4 Å². The SMILES string of the molecule is COc1ccc(/C(O)=C2\C(=O)C(=O)N(c3cc(C)on3)C2c2ccc(Cl)c(Cl)c2)cc1. The van der Waals surface area contributed by atoms with Gasteiger partial charge in [0.2, 0.25) is 0 Å². The van der Waals surface area contributed by atoms with Gasteiger partial charge in [0.05, 0.1) is 28.8 Å². The summed E-state index contributed by atoms with van der Waals surface area (Å²) in [6.45, 7) is 1.67. The van der Waals surface area contributed by atoms with Crippen molar-refractivity contribution in [3.05, 3.63) is 81.0 Å². The van der Waals surface area contributed by atoms with Gasteiger partial charge in [-0.05, 0) is 48.9 Å². The molecule has 9 heteroatoms. The average Bonchev–Trinajstić information content (AvgIpc) is 3.30. The number of ether oxygens (including phenoxy) is 1. The van der Waals surface area contributed by atoms with Crippen molar-refractivity contribution in [1.82, 2.24) is 5.16 Å². The largest absolute Gasteiger partial charge is 0.507 e. The van der Waals surface area contributed by atoms with Crippen LogP contribution in [-0.2, 0) is 9.59 Å². The molecule has 1 atom stereocenters. The number of benzene rings is 2. The van der Waals surface area contributed by atoms with E-state index in [0.29, 0.717) is 27.7 Å². The molecule has 0 aliphatic carbocycles. The fourth-order valence-electron chi connectivity index (χ4n) is 3.44. The minimum absolute atomic E-state index is 0.103. The number of amides is 1. The second-order valence-electron chi connectivity index (χ2n) is 6.87. The first kappa shape index (κ1) is 21.0. The summed E-state index contributed by atoms with van der Waals surface area (Å²) in [4.78, 5) is 27.2. The van der Waals surface area contributed by atoms with Crippen LogP contribution in [0, 0.1) is 6.92 Å². The van der Waals surface area contributed by atoms with Crippen molar-refractivity contribution < 1.29 is 24.0 Å². The Hall–Kier alpha value is -3.29. The summed E-state index contributed by atoms with van der Waals surface area (Å²) in [5, 5.41) is 15.5. The van der Waals surface area contributed by atoms with Crippen molar-refractivity contribution in [2.24, 2.45) is 0 Å². The van der Waals surface area contributed by atoms with E-state index in [0.717, 1.165) is 0 Å². The molecular formula is C22H16Cl2N2O5. The van der Waals surface area contributed by atoms with Crippen molar-refractivity contribution in [3.8, 4) is 5.75 Å². The molecule has 3 aromatic rings. The van der Waals surface area contributed by atoms with Gasteiger partial charge in [-0.2, -0.15) is 0 Å². The number of aliphatic hydroxyl groups is 1. The number of ketones is 1. The van der Waals surface area contributed by atoms with Crippen LogP contribution in [0.2, 0.25) is 10.0 Å². The number of anilines is 1. The van der Waals surface area contributed by atoms with Gasteiger partial charge in [-0.3, -0.25) is 14.5 Å². The zero-order valence-corrected chi connectivity index (χ0v) is 17.9. The molecule has 2 heterocycles. The maximum atomic E-state index is 13.0. The number of hydrogen-bond donors (Lipinski definition) is 1. The molecule has 1 amide bonds. The Kier molecular flexibility index (Phi) is 5.47. The lowest BCUT2D eigenvalue weighted by Gasteiger charge is -2.23. The number of aromatic nitrogens is 1. The van der Waals surface area contributed by atoms with Crippen molar-refractivity contribution in [3.63, 3.8) is 0 Å². The number of methoxy groups -OCH3 is 1. The zero-order valence-electron chi connectivity index (χ0n) is 16.4. The average molecular weight is 459 g/mol. The quantitative estimate of drug-likeness (QED) is 0.338. The molecule has 0 radical (unpaired) electrons. The van der Waals surface area contributed by atoms with Gasteiger partial charge in [-0.15, -0.1) is 0 Å². The first-order valence-corrected chi connectivity index (χ1v) is 9.91. The van der Waals surface area contributed by atoms with Crippen LogP contribution in [0.15, 0.2) is 58.6 Å². The highest BCUT2D eigenvalue weighted by atomic mass is 35.5. The van der Waals surface area contributed by atoms with Crippen LogP contribution in [0.3, 0.4) is 0 Å². The Bertz CT molecular complexity index is 1220. The predicted octanol–water partition coefficient (Wildman–Crippen LogP) is 4.92. The van der Waals surface area contributed by atoms with E-state index in [-0.39, 0.29) is 22.2 Å². The fraction of sp³-hybridized carbons (Fsp3) is 0.136. The first-order chi connectivity index (χ1) is 14.8. The van der Waals surface area contributed by atoms with Crippen LogP contribution in [0.1, 0.15) is 22.9 Å². The first-order valence-electron chi connectivity index (χ1n) is 9.15. The van der Waals surface area contributed by atoms with Crippen molar-refractivity contribution in [2.75, 3.05) is 12.0 Å². The maximum Gasteiger partial charge on any atom is 0.301 e. The Labute approximate surface area is 187 Å². The molecule has 1 fully saturated rings. The molecule has 1 saturated heterocycles. The van der Waals surface area contributed by atoms with Gasteiger partial charge in [0.1, 0.15) is 17.3 Å². The Morgan fingerprint density at radius 2 is 1.81 bits per heavy atom. The Balaban J connectivity index is 1.93. The van der Waals surface area contributed by atoms with Gasteiger partial charge < -0.3 is 14.4 Å². The number of nitrogens with zero attached hydrogens (tertiary/aromatic N) is 2. The molecule has 0 saturated carbocycles. The van der Waals surface area contributed by atoms with Crippen molar-refractivity contribution in [1.29, 1.82) is 0 Å². The minimum Gasteiger partial charge on any atom is -0.507 e. The zero-order chi connectivity index (χ0) is 22.3. The standard InChI is InChI=1S/C22H16Cl2N2O5/c1-11-9-17(25-31-11)26-19(13-5-8-15(23)16(24)10-13)18(21(28)22(26)29)20(27)12-3-6-14(30-2)7-4-12/h3-10,19,27H,1-2H3/b20-18+. The molecular weight excluding hydrogens is 443 g/mol. The van der Waals surface area contributed by atoms with E-state index in [4.69, 9.17) is 32.5 Å². The number of aliphatic hydroxyl groups excluding tert-OH is 1. The van der Waals surface area contributed by atoms with Crippen LogP contribution in [0.5, 0.6) is 5.75 Å². The van der Waals surface area contributed by atoms with E-state index < -0.39 is 17.7 Å². The molecule has 0 spiro atoms. The van der Waals surface area contributed by atoms with Crippen LogP contribution < -0.4 is 9.64 Å². The van der Waals surface area contributed by atoms with Crippen LogP contribution in [0.25, 0.3) is 5.76 Å². The molecule has 2 aromatic carbocycles. The van der Waals surface area contributed by atoms with E-state index >= 15 is 0 Å². The summed E-state index contributed by atoms with van der Waals surface area (Å²) < 4.78 is 10.2. The fourth-order valence-corrected chi connectivity index (χ4v) is 3.74. The van der Waals surface area contributed by atoms with Gasteiger partial charge in [-0.25, -0.2) is 0 Å². The lowest BCUT2D eigenvalue weighted by Crippen LogP contribution is -2.29. The second-order valence-corrected chi connectivity index (χ2v) is 7.68. The molecule has 1 N–H and O–H groups in total. The summed E-state index contributed by atoms with van der Waals surface area (Å²) in [5.41, 5.74) is 0.721. The van der Waals surface area contributed by atoms with E-state index in [2.05, 4.69) is 5.16 Å². The third kappa shape index (κ3) is 3.66. The van der Waals surface area contributed by atoms with Crippen molar-refractivity contribution in [2.45, 2.75) is 13.0 Å². The lowest BCUT2D eigenvalue weighted by molar-refractivity contribution is -0.132. The Morgan fingerprint density at radius 3 is 2.39 bits per heavy atom. The Morgan fingerprint density at radius 1 is 1.10 bits per heavy atom. The van der Waals surface area contributed by atoms with Gasteiger partial charge in [0.15, 0.2) is 5.82 Å². The highest BCUT2D eigenvalue weighted by Crippen LogP contribution is 2.43. The molecule has 7 nitrogen and oxygen atoms in total. The maximum absolute atomic E-state index is 13.0. The number of carbonyl (C=O) groups excluding carboxylic acids is 2. The number of Topliss-reactive ketones (excluding diaryl/α,β-unsaturated/α-hetero) is 1. The molecule has 0 bridgehead atoms. The number of rotatable bonds is 4. The molecule has 31 heavy (non-hydrogen) atoms. The summed E-state index contributed by atoms with van der Waals surface area (Å²) in [6.07, 6.45) is 0. The smallest absolute Gasteiger partial charge is 0.301 e. The third-order valence-electron chi connectivity index (χ3n) is 4.93. The second kappa shape index (κ2) is 8.09. The topological polar surface area (TPSA) is 92.9 Å². The molecule has 1 unspecified atom stereocenters. The summed E-state index contributed by atoms with van der Waals surface area (Å²) in [6, 6.07) is 11.7. The molecule has 1 aromatic heterocycles. The minimum atomic E-state index is -0.985. The number of hydrogen-bond acceptors (Lipinski definition) is 6. The van der Waals surface area contributed by atoms with Gasteiger partial charge in [0.25, 0.3) is 5.78 Å². The van der Waals surface area contributed by atoms with Gasteiger partial charge >= 0.3 is 5.91 Å². The van der Waals surface area contributed by atoms with E-state index in [1.165, 1.54) is 18.1 Å². The number of aryl methyl sites for hydroxylation is 1. The summed E-state index contributed by atoms with van der Waals surface area (Å²) >= 11 is 12.2. The van der Waals surface area contributed by atoms with E-state index in [9.17, 15) is 14.7 Å². The molecule has 4 rings (SSSR count). The lowest BCUT2D eigenvalue weighted by atomic mass is 9.95.